The van der Waals surface area contributed by atoms with Crippen LogP contribution >= 0.6 is 0 Å². The molecule has 2 aromatic carbocycles. The molecule has 162 valence electrons. The molecule has 0 bridgehead atoms. The molecule has 0 fully saturated rings. The molecule has 0 aliphatic carbocycles. The molecule has 0 spiro atoms. The van der Waals surface area contributed by atoms with Crippen LogP contribution in [0.15, 0.2) is 59.4 Å². The van der Waals surface area contributed by atoms with Gasteiger partial charge in [0, 0.05) is 12.4 Å². The monoisotopic (exact) mass is 421 g/mol. The first-order chi connectivity index (χ1) is 14.8. The number of carbonyl (C=O) groups is 2. The van der Waals surface area contributed by atoms with Gasteiger partial charge in [-0.05, 0) is 24.0 Å². The van der Waals surface area contributed by atoms with Gasteiger partial charge in [-0.3, -0.25) is 14.4 Å². The molecule has 1 amide bonds. The molecule has 31 heavy (non-hydrogen) atoms. The van der Waals surface area contributed by atoms with Crippen LogP contribution in [0.3, 0.4) is 0 Å². The van der Waals surface area contributed by atoms with E-state index in [9.17, 15) is 14.4 Å². The third-order valence-electron chi connectivity index (χ3n) is 4.95. The molecule has 0 saturated carbocycles. The van der Waals surface area contributed by atoms with E-state index in [4.69, 9.17) is 4.74 Å². The van der Waals surface area contributed by atoms with Crippen molar-refractivity contribution in [3.63, 3.8) is 0 Å². The minimum Gasteiger partial charge on any atom is -0.455 e. The number of amides is 1. The molecule has 0 saturated heterocycles. The van der Waals surface area contributed by atoms with E-state index >= 15 is 0 Å². The fourth-order valence-corrected chi connectivity index (χ4v) is 3.51. The summed E-state index contributed by atoms with van der Waals surface area (Å²) in [5.74, 6) is -0.551. The molecule has 3 aromatic rings. The van der Waals surface area contributed by atoms with E-state index in [1.54, 1.807) is 24.3 Å². The van der Waals surface area contributed by atoms with Crippen molar-refractivity contribution in [1.29, 1.82) is 0 Å². The van der Waals surface area contributed by atoms with Gasteiger partial charge in [0.1, 0.15) is 0 Å². The molecule has 0 aliphatic heterocycles. The summed E-state index contributed by atoms with van der Waals surface area (Å²) in [6.45, 7) is 3.81. The van der Waals surface area contributed by atoms with Crippen LogP contribution in [0.1, 0.15) is 37.6 Å². The van der Waals surface area contributed by atoms with Gasteiger partial charge in [0.25, 0.3) is 11.5 Å². The number of fused-ring (bicyclic) bond motifs is 1. The Morgan fingerprint density at radius 3 is 2.35 bits per heavy atom. The molecule has 1 aromatic heterocycles. The summed E-state index contributed by atoms with van der Waals surface area (Å²) in [4.78, 5) is 37.0. The predicted octanol–water partition coefficient (Wildman–Crippen LogP) is 2.92. The van der Waals surface area contributed by atoms with E-state index in [1.807, 2.05) is 30.3 Å². The molecule has 1 heterocycles. The first-order valence-corrected chi connectivity index (χ1v) is 10.3. The molecule has 1 N–H and O–H groups in total. The van der Waals surface area contributed by atoms with Crippen molar-refractivity contribution < 1.29 is 14.3 Å². The van der Waals surface area contributed by atoms with Crippen molar-refractivity contribution in [2.24, 2.45) is 13.0 Å². The normalized spacial score (nSPS) is 12.0. The van der Waals surface area contributed by atoms with Gasteiger partial charge in [-0.1, -0.05) is 62.4 Å². The summed E-state index contributed by atoms with van der Waals surface area (Å²) < 4.78 is 6.39. The number of ether oxygens (including phenoxy) is 1. The van der Waals surface area contributed by atoms with Gasteiger partial charge in [0.2, 0.25) is 0 Å². The van der Waals surface area contributed by atoms with E-state index in [1.165, 1.54) is 11.7 Å². The first kappa shape index (κ1) is 22.2. The Balaban J connectivity index is 1.63. The molecule has 7 nitrogen and oxygen atoms in total. The highest BCUT2D eigenvalue weighted by molar-refractivity contribution is 5.87. The van der Waals surface area contributed by atoms with E-state index in [2.05, 4.69) is 24.3 Å². The number of esters is 1. The summed E-state index contributed by atoms with van der Waals surface area (Å²) in [6, 6.07) is 16.6. The number of aryl methyl sites for hydroxylation is 1. The van der Waals surface area contributed by atoms with E-state index in [0.29, 0.717) is 22.4 Å². The Kier molecular flexibility index (Phi) is 7.18. The summed E-state index contributed by atoms with van der Waals surface area (Å²) in [7, 11) is 1.54. The van der Waals surface area contributed by atoms with Crippen molar-refractivity contribution in [2.45, 2.75) is 32.7 Å². The number of rotatable bonds is 8. The maximum Gasteiger partial charge on any atom is 0.312 e. The summed E-state index contributed by atoms with van der Waals surface area (Å²) in [5.41, 5.74) is 1.21. The van der Waals surface area contributed by atoms with Gasteiger partial charge in [0.05, 0.1) is 23.5 Å². The van der Waals surface area contributed by atoms with Crippen LogP contribution in [-0.2, 0) is 27.8 Å². The Morgan fingerprint density at radius 1 is 1.03 bits per heavy atom. The number of hydrogen-bond acceptors (Lipinski definition) is 5. The fraction of sp³-hybridized carbons (Fsp3) is 0.333. The van der Waals surface area contributed by atoms with Crippen LogP contribution in [0.4, 0.5) is 0 Å². The van der Waals surface area contributed by atoms with Crippen LogP contribution < -0.4 is 10.9 Å². The zero-order chi connectivity index (χ0) is 22.4. The zero-order valence-corrected chi connectivity index (χ0v) is 18.0. The van der Waals surface area contributed by atoms with Crippen LogP contribution in [0, 0.1) is 5.92 Å². The predicted molar refractivity (Wildman–Crippen MR) is 118 cm³/mol. The zero-order valence-electron chi connectivity index (χ0n) is 18.0. The Bertz CT molecular complexity index is 1120. The van der Waals surface area contributed by atoms with Crippen molar-refractivity contribution >= 4 is 22.6 Å². The van der Waals surface area contributed by atoms with Crippen molar-refractivity contribution in [2.75, 3.05) is 6.61 Å². The number of nitrogens with zero attached hydrogens (tertiary/aromatic N) is 2. The topological polar surface area (TPSA) is 90.3 Å². The fourth-order valence-electron chi connectivity index (χ4n) is 3.51. The van der Waals surface area contributed by atoms with Gasteiger partial charge < -0.3 is 10.1 Å². The molecule has 1 atom stereocenters. The molecule has 0 aliphatic rings. The number of carbonyl (C=O) groups excluding carboxylic acids is 2. The van der Waals surface area contributed by atoms with Gasteiger partial charge >= 0.3 is 5.97 Å². The Hall–Kier alpha value is -3.48. The minimum absolute atomic E-state index is 0.129. The van der Waals surface area contributed by atoms with Crippen LogP contribution in [-0.4, -0.2) is 28.3 Å². The first-order valence-electron chi connectivity index (χ1n) is 10.3. The van der Waals surface area contributed by atoms with Gasteiger partial charge in [0.15, 0.2) is 6.61 Å². The third-order valence-corrected chi connectivity index (χ3v) is 4.95. The minimum atomic E-state index is -0.577. The van der Waals surface area contributed by atoms with Crippen molar-refractivity contribution in [1.82, 2.24) is 15.1 Å². The van der Waals surface area contributed by atoms with Gasteiger partial charge in [-0.2, -0.15) is 5.10 Å². The number of benzene rings is 2. The number of aromatic nitrogens is 2. The highest BCUT2D eigenvalue weighted by Crippen LogP contribution is 2.21. The van der Waals surface area contributed by atoms with E-state index in [-0.39, 0.29) is 30.5 Å². The van der Waals surface area contributed by atoms with Gasteiger partial charge in [-0.15, -0.1) is 0 Å². The maximum absolute atomic E-state index is 12.4. The molecule has 0 radical (unpaired) electrons. The molecule has 3 rings (SSSR count). The standard InChI is InChI=1S/C24H27N3O4/c1-16(2)13-20(17-9-5-4-6-10-17)25-22(28)15-31-23(29)14-21-18-11-7-8-12-19(18)24(30)27(3)26-21/h4-12,16,20H,13-15H2,1-3H3,(H,25,28). The molecule has 7 heteroatoms. The third kappa shape index (κ3) is 5.78. The number of nitrogens with one attached hydrogen (secondary N) is 1. The molecule has 1 unspecified atom stereocenters. The summed E-state index contributed by atoms with van der Waals surface area (Å²) in [5, 5.41) is 8.24. The second-order valence-electron chi connectivity index (χ2n) is 7.92. The Morgan fingerprint density at radius 2 is 1.68 bits per heavy atom. The van der Waals surface area contributed by atoms with Crippen LogP contribution in [0.2, 0.25) is 0 Å². The van der Waals surface area contributed by atoms with Gasteiger partial charge in [-0.25, -0.2) is 4.68 Å². The van der Waals surface area contributed by atoms with Crippen molar-refractivity contribution in [3.05, 3.63) is 76.2 Å². The smallest absolute Gasteiger partial charge is 0.312 e. The molecular formula is C24H27N3O4. The average molecular weight is 421 g/mol. The lowest BCUT2D eigenvalue weighted by molar-refractivity contribution is -0.148. The maximum atomic E-state index is 12.4. The summed E-state index contributed by atoms with van der Waals surface area (Å²) in [6.07, 6.45) is 0.647. The van der Waals surface area contributed by atoms with Crippen LogP contribution in [0.5, 0.6) is 0 Å². The average Bonchev–Trinajstić information content (AvgIpc) is 2.76. The lowest BCUT2D eigenvalue weighted by Gasteiger charge is -2.21. The lowest BCUT2D eigenvalue weighted by atomic mass is 9.97. The van der Waals surface area contributed by atoms with Crippen LogP contribution in [0.25, 0.3) is 10.8 Å². The molecular weight excluding hydrogens is 394 g/mol. The summed E-state index contributed by atoms with van der Waals surface area (Å²) >= 11 is 0. The van der Waals surface area contributed by atoms with E-state index < -0.39 is 5.97 Å². The highest BCUT2D eigenvalue weighted by Gasteiger charge is 2.18. The lowest BCUT2D eigenvalue weighted by Crippen LogP contribution is -2.33. The SMILES string of the molecule is CC(C)CC(NC(=O)COC(=O)Cc1nn(C)c(=O)c2ccccc12)c1ccccc1. The Labute approximate surface area is 181 Å². The second-order valence-corrected chi connectivity index (χ2v) is 7.92. The second kappa shape index (κ2) is 10.0. The highest BCUT2D eigenvalue weighted by atomic mass is 16.5. The van der Waals surface area contributed by atoms with E-state index in [0.717, 1.165) is 12.0 Å². The number of hydrogen-bond donors (Lipinski definition) is 1. The quantitative estimate of drug-likeness (QED) is 0.565. The van der Waals surface area contributed by atoms with Crippen molar-refractivity contribution in [3.8, 4) is 0 Å². The largest absolute Gasteiger partial charge is 0.455 e.